The van der Waals surface area contributed by atoms with Crippen molar-refractivity contribution in [3.8, 4) is 0 Å². The molecular weight excluding hydrogens is 294 g/mol. The van der Waals surface area contributed by atoms with Crippen LogP contribution in [0.4, 0.5) is 0 Å². The van der Waals surface area contributed by atoms with Gasteiger partial charge in [0.1, 0.15) is 5.03 Å². The number of aliphatic carboxylic acids is 1. The minimum atomic E-state index is -0.963. The average Bonchev–Trinajstić information content (AvgIpc) is 2.37. The Labute approximate surface area is 126 Å². The molecule has 21 heavy (non-hydrogen) atoms. The van der Waals surface area contributed by atoms with Gasteiger partial charge in [0.2, 0.25) is 0 Å². The highest BCUT2D eigenvalue weighted by Crippen LogP contribution is 2.21. The van der Waals surface area contributed by atoms with E-state index < -0.39 is 17.7 Å². The van der Waals surface area contributed by atoms with Crippen LogP contribution in [0.25, 0.3) is 0 Å². The SMILES string of the molecule is CCN(C(=O)c1c(SC)nc(=O)[nH]c1C)C(C)CC(=O)O. The fourth-order valence-electron chi connectivity index (χ4n) is 2.12. The van der Waals surface area contributed by atoms with Gasteiger partial charge in [-0.15, -0.1) is 11.8 Å². The van der Waals surface area contributed by atoms with Gasteiger partial charge in [0.25, 0.3) is 5.91 Å². The molecule has 0 aliphatic rings. The van der Waals surface area contributed by atoms with Gasteiger partial charge in [0.15, 0.2) is 0 Å². The molecule has 116 valence electrons. The van der Waals surface area contributed by atoms with E-state index in [4.69, 9.17) is 5.11 Å². The van der Waals surface area contributed by atoms with Gasteiger partial charge in [-0.05, 0) is 27.0 Å². The maximum atomic E-state index is 12.7. The second-order valence-electron chi connectivity index (χ2n) is 4.59. The first-order valence-electron chi connectivity index (χ1n) is 6.49. The van der Waals surface area contributed by atoms with Gasteiger partial charge in [-0.3, -0.25) is 9.59 Å². The number of H-pyrrole nitrogens is 1. The van der Waals surface area contributed by atoms with Crippen molar-refractivity contribution in [2.75, 3.05) is 12.8 Å². The summed E-state index contributed by atoms with van der Waals surface area (Å²) in [6.45, 7) is 5.47. The summed E-state index contributed by atoms with van der Waals surface area (Å²) in [6, 6.07) is -0.443. The molecule has 1 aromatic heterocycles. The smallest absolute Gasteiger partial charge is 0.346 e. The van der Waals surface area contributed by atoms with Crippen LogP contribution in [0.15, 0.2) is 9.82 Å². The van der Waals surface area contributed by atoms with Gasteiger partial charge in [0, 0.05) is 18.3 Å². The van der Waals surface area contributed by atoms with Crippen LogP contribution in [0.3, 0.4) is 0 Å². The summed E-state index contributed by atoms with van der Waals surface area (Å²) in [5, 5.41) is 9.22. The Bertz CT molecular complexity index is 600. The second-order valence-corrected chi connectivity index (χ2v) is 5.38. The van der Waals surface area contributed by atoms with Gasteiger partial charge in [-0.2, -0.15) is 4.98 Å². The molecule has 2 N–H and O–H groups in total. The molecule has 0 bridgehead atoms. The van der Waals surface area contributed by atoms with Crippen LogP contribution in [0.1, 0.15) is 36.3 Å². The Morgan fingerprint density at radius 1 is 1.48 bits per heavy atom. The third-order valence-electron chi connectivity index (χ3n) is 3.10. The summed E-state index contributed by atoms with van der Waals surface area (Å²) in [5.74, 6) is -1.29. The van der Waals surface area contributed by atoms with E-state index in [1.165, 1.54) is 16.7 Å². The fraction of sp³-hybridized carbons (Fsp3) is 0.538. The lowest BCUT2D eigenvalue weighted by atomic mass is 10.1. The van der Waals surface area contributed by atoms with Crippen LogP contribution >= 0.6 is 11.8 Å². The van der Waals surface area contributed by atoms with Crippen molar-refractivity contribution in [1.82, 2.24) is 14.9 Å². The molecule has 0 aliphatic carbocycles. The molecule has 0 aromatic carbocycles. The summed E-state index contributed by atoms with van der Waals surface area (Å²) in [5.41, 5.74) is 0.251. The van der Waals surface area contributed by atoms with E-state index in [2.05, 4.69) is 9.97 Å². The Morgan fingerprint density at radius 2 is 2.10 bits per heavy atom. The quantitative estimate of drug-likeness (QED) is 0.602. The molecule has 0 aliphatic heterocycles. The molecule has 1 rings (SSSR count). The van der Waals surface area contributed by atoms with E-state index in [9.17, 15) is 14.4 Å². The minimum Gasteiger partial charge on any atom is -0.481 e. The molecule has 7 nitrogen and oxygen atoms in total. The normalized spacial score (nSPS) is 12.0. The van der Waals surface area contributed by atoms with E-state index >= 15 is 0 Å². The third kappa shape index (κ3) is 4.07. The number of carboxylic acids is 1. The van der Waals surface area contributed by atoms with Gasteiger partial charge in [-0.25, -0.2) is 4.79 Å². The number of carbonyl (C=O) groups is 2. The van der Waals surface area contributed by atoms with Crippen LogP contribution in [0, 0.1) is 6.92 Å². The predicted molar refractivity (Wildman–Crippen MR) is 79.8 cm³/mol. The molecular formula is C13H19N3O4S. The van der Waals surface area contributed by atoms with Crippen molar-refractivity contribution in [2.24, 2.45) is 0 Å². The maximum absolute atomic E-state index is 12.7. The molecule has 1 unspecified atom stereocenters. The van der Waals surface area contributed by atoms with Crippen LogP contribution in [-0.2, 0) is 4.79 Å². The lowest BCUT2D eigenvalue weighted by molar-refractivity contribution is -0.138. The first-order chi connectivity index (χ1) is 9.81. The number of hydrogen-bond donors (Lipinski definition) is 2. The standard InChI is InChI=1S/C13H19N3O4S/c1-5-16(7(2)6-9(17)18)12(19)10-8(3)14-13(20)15-11(10)21-4/h7H,5-6H2,1-4H3,(H,17,18)(H,14,15,20). The number of carboxylic acid groups (broad SMARTS) is 1. The fourth-order valence-corrected chi connectivity index (χ4v) is 2.74. The highest BCUT2D eigenvalue weighted by atomic mass is 32.2. The Kier molecular flexibility index (Phi) is 5.95. The number of thioether (sulfide) groups is 1. The van der Waals surface area contributed by atoms with Gasteiger partial charge in [-0.1, -0.05) is 0 Å². The Hall–Kier alpha value is -1.83. The number of nitrogens with zero attached hydrogens (tertiary/aromatic N) is 2. The first kappa shape index (κ1) is 17.2. The minimum absolute atomic E-state index is 0.135. The molecule has 1 amide bonds. The number of carbonyl (C=O) groups excluding carboxylic acids is 1. The van der Waals surface area contributed by atoms with Crippen LogP contribution in [0.2, 0.25) is 0 Å². The molecule has 0 spiro atoms. The van der Waals surface area contributed by atoms with Crippen LogP contribution in [0.5, 0.6) is 0 Å². The molecule has 1 heterocycles. The summed E-state index contributed by atoms with van der Waals surface area (Å²) in [6.07, 6.45) is 1.60. The zero-order valence-electron chi connectivity index (χ0n) is 12.5. The molecule has 1 aromatic rings. The molecule has 0 saturated heterocycles. The second kappa shape index (κ2) is 7.26. The van der Waals surface area contributed by atoms with Crippen molar-refractivity contribution in [3.05, 3.63) is 21.7 Å². The zero-order chi connectivity index (χ0) is 16.2. The highest BCUT2D eigenvalue weighted by molar-refractivity contribution is 7.98. The monoisotopic (exact) mass is 313 g/mol. The molecule has 0 saturated carbocycles. The zero-order valence-corrected chi connectivity index (χ0v) is 13.3. The van der Waals surface area contributed by atoms with E-state index in [0.29, 0.717) is 22.8 Å². The van der Waals surface area contributed by atoms with Gasteiger partial charge >= 0.3 is 11.7 Å². The number of aryl methyl sites for hydroxylation is 1. The van der Waals surface area contributed by atoms with Crippen molar-refractivity contribution in [3.63, 3.8) is 0 Å². The number of aromatic amines is 1. The van der Waals surface area contributed by atoms with Crippen LogP contribution in [-0.4, -0.2) is 50.7 Å². The number of nitrogens with one attached hydrogen (secondary N) is 1. The molecule has 0 radical (unpaired) electrons. The van der Waals surface area contributed by atoms with E-state index in [1.807, 2.05) is 0 Å². The number of hydrogen-bond acceptors (Lipinski definition) is 5. The lowest BCUT2D eigenvalue weighted by Gasteiger charge is -2.28. The van der Waals surface area contributed by atoms with Crippen LogP contribution < -0.4 is 5.69 Å². The summed E-state index contributed by atoms with van der Waals surface area (Å²) in [4.78, 5) is 42.6. The Balaban J connectivity index is 3.22. The lowest BCUT2D eigenvalue weighted by Crippen LogP contribution is -2.40. The maximum Gasteiger partial charge on any atom is 0.346 e. The third-order valence-corrected chi connectivity index (χ3v) is 3.78. The first-order valence-corrected chi connectivity index (χ1v) is 7.71. The van der Waals surface area contributed by atoms with E-state index in [1.54, 1.807) is 27.0 Å². The molecule has 1 atom stereocenters. The number of amides is 1. The van der Waals surface area contributed by atoms with Crippen molar-refractivity contribution in [1.29, 1.82) is 0 Å². The largest absolute Gasteiger partial charge is 0.481 e. The average molecular weight is 313 g/mol. The van der Waals surface area contributed by atoms with Gasteiger partial charge < -0.3 is 15.0 Å². The van der Waals surface area contributed by atoms with Crippen molar-refractivity contribution in [2.45, 2.75) is 38.3 Å². The number of rotatable bonds is 6. The Morgan fingerprint density at radius 3 is 2.57 bits per heavy atom. The summed E-state index contributed by atoms with van der Waals surface area (Å²) in [7, 11) is 0. The topological polar surface area (TPSA) is 103 Å². The predicted octanol–water partition coefficient (Wildman–Crippen LogP) is 1.13. The molecule has 8 heteroatoms. The molecule has 0 fully saturated rings. The highest BCUT2D eigenvalue weighted by Gasteiger charge is 2.26. The van der Waals surface area contributed by atoms with Crippen molar-refractivity contribution < 1.29 is 14.7 Å². The summed E-state index contributed by atoms with van der Waals surface area (Å²) < 4.78 is 0. The van der Waals surface area contributed by atoms with E-state index in [-0.39, 0.29) is 12.3 Å². The van der Waals surface area contributed by atoms with E-state index in [0.717, 1.165) is 0 Å². The number of aromatic nitrogens is 2. The summed E-state index contributed by atoms with van der Waals surface area (Å²) >= 11 is 1.21. The van der Waals surface area contributed by atoms with Crippen molar-refractivity contribution >= 4 is 23.6 Å². The van der Waals surface area contributed by atoms with Gasteiger partial charge in [0.05, 0.1) is 12.0 Å².